The van der Waals surface area contributed by atoms with Crippen LogP contribution in [-0.2, 0) is 20.4 Å². The number of hydrogen-bond donors (Lipinski definition) is 2. The third-order valence-electron chi connectivity index (χ3n) is 3.60. The molecule has 0 spiro atoms. The second-order valence-corrected chi connectivity index (χ2v) is 7.46. The van der Waals surface area contributed by atoms with E-state index in [1.807, 2.05) is 26.8 Å². The number of hydrogen-bond acceptors (Lipinski definition) is 4. The third kappa shape index (κ3) is 4.37. The molecule has 0 saturated carbocycles. The number of aromatic hydroxyl groups is 1. The second-order valence-electron chi connectivity index (χ2n) is 7.46. The van der Waals surface area contributed by atoms with E-state index in [-0.39, 0.29) is 29.0 Å². The average Bonchev–Trinajstić information content (AvgIpc) is 2.34. The molecule has 0 aliphatic heterocycles. The van der Waals surface area contributed by atoms with E-state index in [1.165, 1.54) is 7.11 Å². The zero-order valence-electron chi connectivity index (χ0n) is 14.5. The molecule has 0 unspecified atom stereocenters. The Hall–Kier alpha value is -1.26. The first kappa shape index (κ1) is 20.7. The van der Waals surface area contributed by atoms with Crippen LogP contribution in [0.3, 0.4) is 0 Å². The average molecular weight is 330 g/mol. The molecular weight excluding hydrogens is 302 g/mol. The van der Waals surface area contributed by atoms with Gasteiger partial charge in [0.25, 0.3) is 0 Å². The molecule has 126 valence electrons. The smallest absolute Gasteiger partial charge is 0.327 e. The minimum atomic E-state index is -0.988. The van der Waals surface area contributed by atoms with Gasteiger partial charge in [0.1, 0.15) is 11.8 Å². The van der Waals surface area contributed by atoms with E-state index >= 15 is 0 Å². The van der Waals surface area contributed by atoms with Gasteiger partial charge in [-0.2, -0.15) is 0 Å². The molecule has 1 atom stereocenters. The van der Waals surface area contributed by atoms with Gasteiger partial charge in [-0.05, 0) is 28.0 Å². The van der Waals surface area contributed by atoms with Gasteiger partial charge in [0.05, 0.1) is 7.11 Å². The summed E-state index contributed by atoms with van der Waals surface area (Å²) in [5, 5.41) is 10.5. The Morgan fingerprint density at radius 2 is 1.64 bits per heavy atom. The Bertz CT molecular complexity index is 542. The maximum Gasteiger partial charge on any atom is 0.327 e. The first-order chi connectivity index (χ1) is 9.39. The molecule has 4 nitrogen and oxygen atoms in total. The van der Waals surface area contributed by atoms with Crippen molar-refractivity contribution >= 4 is 18.4 Å². The van der Waals surface area contributed by atoms with Crippen molar-refractivity contribution in [3.63, 3.8) is 0 Å². The molecule has 0 amide bonds. The largest absolute Gasteiger partial charge is 0.507 e. The van der Waals surface area contributed by atoms with Crippen LogP contribution in [0.2, 0.25) is 0 Å². The van der Waals surface area contributed by atoms with Crippen molar-refractivity contribution in [1.29, 1.82) is 0 Å². The molecule has 1 aromatic rings. The molecule has 3 N–H and O–H groups in total. The van der Waals surface area contributed by atoms with Gasteiger partial charge < -0.3 is 15.6 Å². The lowest BCUT2D eigenvalue weighted by Gasteiger charge is -2.28. The zero-order valence-corrected chi connectivity index (χ0v) is 15.3. The Morgan fingerprint density at radius 1 is 1.14 bits per heavy atom. The maximum absolute atomic E-state index is 11.7. The van der Waals surface area contributed by atoms with Gasteiger partial charge in [0.2, 0.25) is 0 Å². The number of rotatable bonds is 2. The number of halogens is 1. The summed E-state index contributed by atoms with van der Waals surface area (Å²) in [6, 6.07) is 2.80. The normalized spacial score (nSPS) is 13.3. The number of carbonyl (C=O) groups is 1. The fraction of sp³-hybridized carbons (Fsp3) is 0.588. The number of benzene rings is 1. The first-order valence-electron chi connectivity index (χ1n) is 7.11. The fourth-order valence-electron chi connectivity index (χ4n) is 2.15. The van der Waals surface area contributed by atoms with E-state index in [2.05, 4.69) is 20.8 Å². The van der Waals surface area contributed by atoms with Crippen LogP contribution in [0.5, 0.6) is 5.75 Å². The van der Waals surface area contributed by atoms with Gasteiger partial charge in [-0.3, -0.25) is 4.79 Å². The summed E-state index contributed by atoms with van der Waals surface area (Å²) in [5.74, 6) is -0.482. The van der Waals surface area contributed by atoms with Crippen LogP contribution >= 0.6 is 12.4 Å². The van der Waals surface area contributed by atoms with Crippen molar-refractivity contribution in [3.8, 4) is 5.75 Å². The highest BCUT2D eigenvalue weighted by atomic mass is 35.5. The van der Waals surface area contributed by atoms with E-state index in [0.717, 1.165) is 11.1 Å². The number of nitrogens with two attached hydrogens (primary N) is 1. The van der Waals surface area contributed by atoms with E-state index in [1.54, 1.807) is 6.07 Å². The molecule has 0 heterocycles. The molecule has 0 aromatic heterocycles. The monoisotopic (exact) mass is 329 g/mol. The molecule has 0 aliphatic rings. The predicted octanol–water partition coefficient (Wildman–Crippen LogP) is 3.58. The summed E-state index contributed by atoms with van der Waals surface area (Å²) in [6.45, 7) is 12.3. The Balaban J connectivity index is 0.00000441. The van der Waals surface area contributed by atoms with Crippen molar-refractivity contribution in [1.82, 2.24) is 0 Å². The molecule has 5 heteroatoms. The highest BCUT2D eigenvalue weighted by Gasteiger charge is 2.29. The Kier molecular flexibility index (Phi) is 6.49. The number of phenols is 1. The van der Waals surface area contributed by atoms with Crippen molar-refractivity contribution < 1.29 is 14.6 Å². The molecule has 0 fully saturated rings. The van der Waals surface area contributed by atoms with Crippen LogP contribution < -0.4 is 5.73 Å². The molecule has 0 bridgehead atoms. The van der Waals surface area contributed by atoms with E-state index in [9.17, 15) is 9.90 Å². The van der Waals surface area contributed by atoms with Gasteiger partial charge in [-0.1, -0.05) is 47.6 Å². The highest BCUT2D eigenvalue weighted by Crippen LogP contribution is 2.39. The lowest BCUT2D eigenvalue weighted by Crippen LogP contribution is -2.25. The summed E-state index contributed by atoms with van der Waals surface area (Å²) in [4.78, 5) is 11.7. The molecule has 0 aliphatic carbocycles. The van der Waals surface area contributed by atoms with Crippen LogP contribution in [0.4, 0.5) is 0 Å². The number of carbonyl (C=O) groups excluding carboxylic acids is 1. The summed E-state index contributed by atoms with van der Waals surface area (Å²) in [6.07, 6.45) is 0. The maximum atomic E-state index is 11.7. The van der Waals surface area contributed by atoms with Gasteiger partial charge in [-0.15, -0.1) is 12.4 Å². The van der Waals surface area contributed by atoms with Gasteiger partial charge in [-0.25, -0.2) is 0 Å². The minimum Gasteiger partial charge on any atom is -0.507 e. The lowest BCUT2D eigenvalue weighted by atomic mass is 9.78. The van der Waals surface area contributed by atoms with Crippen LogP contribution in [0.15, 0.2) is 12.1 Å². The number of esters is 1. The number of ether oxygens (including phenoxy) is 1. The van der Waals surface area contributed by atoms with Crippen molar-refractivity contribution in [2.45, 2.75) is 58.4 Å². The summed E-state index contributed by atoms with van der Waals surface area (Å²) in [5.41, 5.74) is 7.80. The number of phenolic OH excluding ortho intramolecular Hbond substituents is 1. The Morgan fingerprint density at radius 3 is 2.00 bits per heavy atom. The van der Waals surface area contributed by atoms with Gasteiger partial charge >= 0.3 is 5.97 Å². The van der Waals surface area contributed by atoms with Gasteiger partial charge in [0, 0.05) is 5.56 Å². The standard InChI is InChI=1S/C17H27NO3.ClH/c1-16(2,3)10-8-11(13(18)15(20)21-7)14(19)12(9-10)17(4,5)6;/h8-9,13,19H,18H2,1-7H3;1H/t13-;/m0./s1. The molecule has 1 rings (SSSR count). The molecule has 1 aromatic carbocycles. The Labute approximate surface area is 139 Å². The van der Waals surface area contributed by atoms with E-state index in [0.29, 0.717) is 5.56 Å². The van der Waals surface area contributed by atoms with Crippen LogP contribution in [0.1, 0.15) is 64.3 Å². The zero-order chi connectivity index (χ0) is 16.6. The number of methoxy groups -OCH3 is 1. The van der Waals surface area contributed by atoms with E-state index < -0.39 is 12.0 Å². The lowest BCUT2D eigenvalue weighted by molar-refractivity contribution is -0.142. The SMILES string of the molecule is COC(=O)[C@@H](N)c1cc(C(C)(C)C)cc(C(C)(C)C)c1O.Cl. The highest BCUT2D eigenvalue weighted by molar-refractivity contribution is 5.85. The third-order valence-corrected chi connectivity index (χ3v) is 3.60. The molecule has 0 saturated heterocycles. The summed E-state index contributed by atoms with van der Waals surface area (Å²) in [7, 11) is 1.29. The minimum absolute atomic E-state index is 0. The van der Waals surface area contributed by atoms with Crippen LogP contribution in [-0.4, -0.2) is 18.2 Å². The van der Waals surface area contributed by atoms with Crippen LogP contribution in [0.25, 0.3) is 0 Å². The molecule has 0 radical (unpaired) electrons. The quantitative estimate of drug-likeness (QED) is 0.813. The van der Waals surface area contributed by atoms with Gasteiger partial charge in [0.15, 0.2) is 0 Å². The fourth-order valence-corrected chi connectivity index (χ4v) is 2.15. The predicted molar refractivity (Wildman–Crippen MR) is 91.7 cm³/mol. The topological polar surface area (TPSA) is 72.5 Å². The first-order valence-corrected chi connectivity index (χ1v) is 7.11. The van der Waals surface area contributed by atoms with Crippen molar-refractivity contribution in [2.24, 2.45) is 5.73 Å². The second kappa shape index (κ2) is 6.88. The summed E-state index contributed by atoms with van der Waals surface area (Å²) < 4.78 is 4.70. The van der Waals surface area contributed by atoms with Crippen molar-refractivity contribution in [3.05, 3.63) is 28.8 Å². The molecule has 22 heavy (non-hydrogen) atoms. The van der Waals surface area contributed by atoms with E-state index in [4.69, 9.17) is 10.5 Å². The van der Waals surface area contributed by atoms with Crippen molar-refractivity contribution in [2.75, 3.05) is 7.11 Å². The summed E-state index contributed by atoms with van der Waals surface area (Å²) >= 11 is 0. The molecular formula is C17H28ClNO3. The van der Waals surface area contributed by atoms with Crippen LogP contribution in [0, 0.1) is 0 Å².